The highest BCUT2D eigenvalue weighted by Gasteiger charge is 2.52. The molecule has 192 valence electrons. The van der Waals surface area contributed by atoms with E-state index in [1.54, 1.807) is 24.3 Å². The molecule has 1 heterocycles. The van der Waals surface area contributed by atoms with Crippen LogP contribution in [0.2, 0.25) is 0 Å². The summed E-state index contributed by atoms with van der Waals surface area (Å²) >= 11 is 0. The molecule has 35 heavy (non-hydrogen) atoms. The molecule has 0 radical (unpaired) electrons. The number of methoxy groups -OCH3 is 1. The topological polar surface area (TPSA) is 165 Å². The Balaban J connectivity index is 2.37. The number of ether oxygens (including phenoxy) is 6. The van der Waals surface area contributed by atoms with Crippen LogP contribution < -0.4 is 15.4 Å². The Hall–Kier alpha value is -3.87. The van der Waals surface area contributed by atoms with Gasteiger partial charge in [-0.05, 0) is 12.1 Å². The monoisotopic (exact) mass is 496 g/mol. The van der Waals surface area contributed by atoms with Crippen molar-refractivity contribution in [3.05, 3.63) is 24.3 Å². The SMILES string of the molecule is COc1cccc(NC(=O)N[C@H]2[C@@H](OC(C)=O)O[C@H](COC(C)=O)[C@@H](OC(C)=O)[C@@H]2OC(C)=O)c1. The zero-order valence-electron chi connectivity index (χ0n) is 19.9. The van der Waals surface area contributed by atoms with Crippen molar-refractivity contribution in [3.63, 3.8) is 0 Å². The van der Waals surface area contributed by atoms with Crippen molar-refractivity contribution in [2.75, 3.05) is 19.0 Å². The predicted molar refractivity (Wildman–Crippen MR) is 117 cm³/mol. The number of hydrogen-bond donors (Lipinski definition) is 2. The van der Waals surface area contributed by atoms with E-state index in [0.717, 1.165) is 27.7 Å². The Labute approximate surface area is 201 Å². The number of hydrogen-bond acceptors (Lipinski definition) is 11. The quantitative estimate of drug-likeness (QED) is 0.388. The minimum atomic E-state index is -1.49. The van der Waals surface area contributed by atoms with Crippen LogP contribution in [0.4, 0.5) is 10.5 Å². The van der Waals surface area contributed by atoms with Crippen molar-refractivity contribution in [1.82, 2.24) is 5.32 Å². The first-order chi connectivity index (χ1) is 16.5. The van der Waals surface area contributed by atoms with Gasteiger partial charge >= 0.3 is 29.9 Å². The molecule has 2 rings (SSSR count). The summed E-state index contributed by atoms with van der Waals surface area (Å²) in [5.41, 5.74) is 0.371. The van der Waals surface area contributed by atoms with Gasteiger partial charge in [0.25, 0.3) is 0 Å². The molecule has 0 unspecified atom stereocenters. The van der Waals surface area contributed by atoms with Crippen LogP contribution in [-0.4, -0.2) is 74.3 Å². The fraction of sp³-hybridized carbons (Fsp3) is 0.500. The van der Waals surface area contributed by atoms with E-state index < -0.39 is 67.2 Å². The first-order valence-electron chi connectivity index (χ1n) is 10.5. The highest BCUT2D eigenvalue weighted by molar-refractivity contribution is 5.89. The number of amides is 2. The molecule has 0 bridgehead atoms. The maximum absolute atomic E-state index is 12.8. The largest absolute Gasteiger partial charge is 0.497 e. The van der Waals surface area contributed by atoms with Crippen molar-refractivity contribution >= 4 is 35.6 Å². The first-order valence-corrected chi connectivity index (χ1v) is 10.5. The summed E-state index contributed by atoms with van der Waals surface area (Å²) < 4.78 is 31.7. The van der Waals surface area contributed by atoms with Crippen molar-refractivity contribution in [2.45, 2.75) is 58.3 Å². The van der Waals surface area contributed by atoms with Gasteiger partial charge in [-0.2, -0.15) is 0 Å². The molecule has 0 saturated carbocycles. The lowest BCUT2D eigenvalue weighted by molar-refractivity contribution is -0.270. The summed E-state index contributed by atoms with van der Waals surface area (Å²) in [6.45, 7) is 4.08. The molecule has 2 N–H and O–H groups in total. The third kappa shape index (κ3) is 8.45. The van der Waals surface area contributed by atoms with Gasteiger partial charge in [-0.1, -0.05) is 6.07 Å². The Morgan fingerprint density at radius 1 is 0.886 bits per heavy atom. The molecule has 2 amide bonds. The number of nitrogens with one attached hydrogen (secondary N) is 2. The minimum Gasteiger partial charge on any atom is -0.497 e. The lowest BCUT2D eigenvalue weighted by Gasteiger charge is -2.44. The van der Waals surface area contributed by atoms with Crippen molar-refractivity contribution in [2.24, 2.45) is 0 Å². The second-order valence-electron chi connectivity index (χ2n) is 7.46. The van der Waals surface area contributed by atoms with E-state index in [0.29, 0.717) is 11.4 Å². The fourth-order valence-corrected chi connectivity index (χ4v) is 3.34. The third-order valence-electron chi connectivity index (χ3n) is 4.61. The number of rotatable bonds is 8. The normalized spacial score (nSPS) is 23.3. The number of benzene rings is 1. The molecule has 1 aliphatic rings. The Kier molecular flexibility index (Phi) is 9.82. The van der Waals surface area contributed by atoms with Gasteiger partial charge in [0.1, 0.15) is 24.5 Å². The van der Waals surface area contributed by atoms with Crippen molar-refractivity contribution < 1.29 is 52.4 Å². The second kappa shape index (κ2) is 12.6. The molecular formula is C22H28N2O11. The average molecular weight is 496 g/mol. The molecule has 1 aromatic rings. The van der Waals surface area contributed by atoms with Crippen LogP contribution >= 0.6 is 0 Å². The zero-order valence-corrected chi connectivity index (χ0v) is 19.9. The van der Waals surface area contributed by atoms with E-state index in [-0.39, 0.29) is 0 Å². The summed E-state index contributed by atoms with van der Waals surface area (Å²) in [7, 11) is 1.47. The number of esters is 4. The first kappa shape index (κ1) is 27.4. The third-order valence-corrected chi connectivity index (χ3v) is 4.61. The summed E-state index contributed by atoms with van der Waals surface area (Å²) in [5.74, 6) is -2.46. The standard InChI is InChI=1S/C22H28N2O11/c1-11(25)31-10-17-19(32-12(2)26)20(33-13(3)27)18(21(35-17)34-14(4)28)24-22(29)23-15-7-6-8-16(9-15)30-5/h6-9,17-21H,10H2,1-5H3,(H2,23,24,29)/t17-,18-,19-,20-,21+/m1/s1. The maximum atomic E-state index is 12.8. The average Bonchev–Trinajstić information content (AvgIpc) is 2.75. The summed E-state index contributed by atoms with van der Waals surface area (Å²) in [4.78, 5) is 59.6. The lowest BCUT2D eigenvalue weighted by Crippen LogP contribution is -2.67. The van der Waals surface area contributed by atoms with Gasteiger partial charge < -0.3 is 39.1 Å². The molecule has 0 aliphatic carbocycles. The summed E-state index contributed by atoms with van der Waals surface area (Å²) in [6.07, 6.45) is -5.35. The Morgan fingerprint density at radius 2 is 1.51 bits per heavy atom. The molecule has 1 aromatic carbocycles. The van der Waals surface area contributed by atoms with Crippen LogP contribution in [0.15, 0.2) is 24.3 Å². The van der Waals surface area contributed by atoms with Crippen LogP contribution in [-0.2, 0) is 42.9 Å². The number of anilines is 1. The highest BCUT2D eigenvalue weighted by Crippen LogP contribution is 2.28. The van der Waals surface area contributed by atoms with E-state index in [9.17, 15) is 24.0 Å². The van der Waals surface area contributed by atoms with Crippen molar-refractivity contribution in [3.8, 4) is 5.75 Å². The van der Waals surface area contributed by atoms with Gasteiger partial charge in [0.15, 0.2) is 12.2 Å². The van der Waals surface area contributed by atoms with Crippen LogP contribution in [0.1, 0.15) is 27.7 Å². The minimum absolute atomic E-state index is 0.371. The smallest absolute Gasteiger partial charge is 0.319 e. The number of urea groups is 1. The van der Waals surface area contributed by atoms with Crippen LogP contribution in [0.5, 0.6) is 5.75 Å². The molecule has 1 fully saturated rings. The van der Waals surface area contributed by atoms with Gasteiger partial charge in [-0.25, -0.2) is 4.79 Å². The summed E-state index contributed by atoms with van der Waals surface area (Å²) in [5, 5.41) is 5.11. The fourth-order valence-electron chi connectivity index (χ4n) is 3.34. The predicted octanol–water partition coefficient (Wildman–Crippen LogP) is 0.900. The van der Waals surface area contributed by atoms with Crippen LogP contribution in [0.3, 0.4) is 0 Å². The molecule has 1 saturated heterocycles. The second-order valence-corrected chi connectivity index (χ2v) is 7.46. The van der Waals surface area contributed by atoms with Gasteiger partial charge in [-0.3, -0.25) is 19.2 Å². The van der Waals surface area contributed by atoms with Crippen LogP contribution in [0, 0.1) is 0 Å². The molecule has 13 nitrogen and oxygen atoms in total. The number of carbonyl (C=O) groups excluding carboxylic acids is 5. The molecular weight excluding hydrogens is 468 g/mol. The van der Waals surface area contributed by atoms with E-state index in [1.807, 2.05) is 0 Å². The molecule has 0 spiro atoms. The van der Waals surface area contributed by atoms with Crippen LogP contribution in [0.25, 0.3) is 0 Å². The molecule has 0 aromatic heterocycles. The molecule has 13 heteroatoms. The van der Waals surface area contributed by atoms with Crippen molar-refractivity contribution in [1.29, 1.82) is 0 Å². The summed E-state index contributed by atoms with van der Waals surface area (Å²) in [6, 6.07) is 4.40. The molecule has 5 atom stereocenters. The Bertz CT molecular complexity index is 951. The zero-order chi connectivity index (χ0) is 26.1. The van der Waals surface area contributed by atoms with E-state index >= 15 is 0 Å². The van der Waals surface area contributed by atoms with Gasteiger partial charge in [0.2, 0.25) is 6.29 Å². The van der Waals surface area contributed by atoms with E-state index in [2.05, 4.69) is 10.6 Å². The highest BCUT2D eigenvalue weighted by atomic mass is 16.7. The maximum Gasteiger partial charge on any atom is 0.319 e. The van der Waals surface area contributed by atoms with Gasteiger partial charge in [0, 0.05) is 39.4 Å². The lowest BCUT2D eigenvalue weighted by atomic mass is 9.96. The van der Waals surface area contributed by atoms with Gasteiger partial charge in [0.05, 0.1) is 7.11 Å². The van der Waals surface area contributed by atoms with Gasteiger partial charge in [-0.15, -0.1) is 0 Å². The molecule has 1 aliphatic heterocycles. The Morgan fingerprint density at radius 3 is 2.09 bits per heavy atom. The van der Waals surface area contributed by atoms with E-state index in [4.69, 9.17) is 28.4 Å². The van der Waals surface area contributed by atoms with E-state index in [1.165, 1.54) is 7.11 Å². The number of carbonyl (C=O) groups is 5.